The van der Waals surface area contributed by atoms with Crippen molar-refractivity contribution < 1.29 is 9.53 Å². The van der Waals surface area contributed by atoms with Crippen LogP contribution in [-0.4, -0.2) is 49.2 Å². The second-order valence-corrected chi connectivity index (χ2v) is 6.11. The number of nitrogens with zero attached hydrogens (tertiary/aromatic N) is 1. The molecule has 0 bridgehead atoms. The summed E-state index contributed by atoms with van der Waals surface area (Å²) in [4.78, 5) is 14.6. The van der Waals surface area contributed by atoms with E-state index < -0.39 is 5.54 Å². The van der Waals surface area contributed by atoms with Crippen molar-refractivity contribution in [3.8, 4) is 0 Å². The quantitative estimate of drug-likeness (QED) is 0.696. The predicted octanol–water partition coefficient (Wildman–Crippen LogP) is 2.57. The molecule has 1 rings (SSSR count). The van der Waals surface area contributed by atoms with Crippen LogP contribution in [0.3, 0.4) is 0 Å². The monoisotopic (exact) mass is 284 g/mol. The number of carbonyl (C=O) groups is 1. The van der Waals surface area contributed by atoms with E-state index in [9.17, 15) is 4.79 Å². The molecule has 0 aromatic rings. The van der Waals surface area contributed by atoms with E-state index in [1.807, 2.05) is 6.92 Å². The van der Waals surface area contributed by atoms with E-state index in [2.05, 4.69) is 24.1 Å². The second kappa shape index (κ2) is 8.63. The van der Waals surface area contributed by atoms with E-state index in [0.717, 1.165) is 26.1 Å². The highest BCUT2D eigenvalue weighted by atomic mass is 16.5. The van der Waals surface area contributed by atoms with Crippen LogP contribution < -0.4 is 5.32 Å². The van der Waals surface area contributed by atoms with Crippen molar-refractivity contribution in [2.75, 3.05) is 26.7 Å². The largest absolute Gasteiger partial charge is 0.468 e. The lowest BCUT2D eigenvalue weighted by Crippen LogP contribution is -2.59. The first-order valence-corrected chi connectivity index (χ1v) is 8.14. The van der Waals surface area contributed by atoms with Gasteiger partial charge in [0.25, 0.3) is 0 Å². The lowest BCUT2D eigenvalue weighted by molar-refractivity contribution is -0.149. The summed E-state index contributed by atoms with van der Waals surface area (Å²) in [5.74, 6) is -0.153. The van der Waals surface area contributed by atoms with Gasteiger partial charge in [-0.2, -0.15) is 0 Å². The van der Waals surface area contributed by atoms with E-state index in [4.69, 9.17) is 4.74 Å². The average molecular weight is 284 g/mol. The van der Waals surface area contributed by atoms with Gasteiger partial charge in [-0.05, 0) is 39.3 Å². The summed E-state index contributed by atoms with van der Waals surface area (Å²) in [7, 11) is 1.48. The van der Waals surface area contributed by atoms with Gasteiger partial charge < -0.3 is 10.1 Å². The van der Waals surface area contributed by atoms with Crippen molar-refractivity contribution in [1.82, 2.24) is 10.2 Å². The zero-order chi connectivity index (χ0) is 15.0. The maximum absolute atomic E-state index is 12.2. The molecule has 0 amide bonds. The van der Waals surface area contributed by atoms with Crippen LogP contribution in [-0.2, 0) is 9.53 Å². The summed E-state index contributed by atoms with van der Waals surface area (Å²) in [6.45, 7) is 8.84. The lowest BCUT2D eigenvalue weighted by atomic mass is 9.92. The fourth-order valence-corrected chi connectivity index (χ4v) is 3.17. The summed E-state index contributed by atoms with van der Waals surface area (Å²) in [5.41, 5.74) is -0.599. The van der Waals surface area contributed by atoms with Gasteiger partial charge in [0.05, 0.1) is 7.11 Å². The van der Waals surface area contributed by atoms with E-state index in [1.54, 1.807) is 0 Å². The Morgan fingerprint density at radius 1 is 1.30 bits per heavy atom. The van der Waals surface area contributed by atoms with Gasteiger partial charge in [0, 0.05) is 12.6 Å². The Balaban J connectivity index is 2.71. The van der Waals surface area contributed by atoms with Gasteiger partial charge in [0.1, 0.15) is 5.54 Å². The third kappa shape index (κ3) is 4.74. The fraction of sp³-hybridized carbons (Fsp3) is 0.938. The van der Waals surface area contributed by atoms with Crippen molar-refractivity contribution in [3.05, 3.63) is 0 Å². The molecule has 0 aromatic carbocycles. The minimum atomic E-state index is -0.599. The maximum atomic E-state index is 12.2. The Morgan fingerprint density at radius 2 is 1.95 bits per heavy atom. The number of esters is 1. The predicted molar refractivity (Wildman–Crippen MR) is 82.8 cm³/mol. The maximum Gasteiger partial charge on any atom is 0.327 e. The topological polar surface area (TPSA) is 41.6 Å². The molecular formula is C16H32N2O2. The number of hydrogen-bond acceptors (Lipinski definition) is 4. The molecule has 1 aliphatic carbocycles. The number of likely N-dealkylation sites (N-methyl/N-ethyl adjacent to an activating group) is 1. The molecule has 118 valence electrons. The van der Waals surface area contributed by atoms with Crippen molar-refractivity contribution in [2.24, 2.45) is 0 Å². The molecule has 0 heterocycles. The third-order valence-electron chi connectivity index (χ3n) is 4.42. The van der Waals surface area contributed by atoms with Gasteiger partial charge in [-0.3, -0.25) is 9.69 Å². The third-order valence-corrected chi connectivity index (χ3v) is 4.42. The van der Waals surface area contributed by atoms with Crippen molar-refractivity contribution in [3.63, 3.8) is 0 Å². The van der Waals surface area contributed by atoms with E-state index >= 15 is 0 Å². The molecule has 1 atom stereocenters. The second-order valence-electron chi connectivity index (χ2n) is 6.11. The first kappa shape index (κ1) is 17.4. The van der Waals surface area contributed by atoms with Crippen LogP contribution in [0, 0.1) is 0 Å². The summed E-state index contributed by atoms with van der Waals surface area (Å²) in [5, 5.41) is 3.38. The average Bonchev–Trinajstić information content (AvgIpc) is 2.50. The lowest BCUT2D eigenvalue weighted by Gasteiger charge is -2.39. The Morgan fingerprint density at radius 3 is 2.45 bits per heavy atom. The van der Waals surface area contributed by atoms with Gasteiger partial charge in [-0.25, -0.2) is 0 Å². The molecule has 4 heteroatoms. The highest BCUT2D eigenvalue weighted by Crippen LogP contribution is 2.24. The van der Waals surface area contributed by atoms with Crippen LogP contribution in [0.2, 0.25) is 0 Å². The summed E-state index contributed by atoms with van der Waals surface area (Å²) >= 11 is 0. The fourth-order valence-electron chi connectivity index (χ4n) is 3.17. The molecule has 0 aromatic heterocycles. The zero-order valence-electron chi connectivity index (χ0n) is 13.7. The van der Waals surface area contributed by atoms with Gasteiger partial charge >= 0.3 is 5.97 Å². The first-order valence-electron chi connectivity index (χ1n) is 8.14. The van der Waals surface area contributed by atoms with E-state index in [-0.39, 0.29) is 5.97 Å². The van der Waals surface area contributed by atoms with Crippen LogP contribution in [0.25, 0.3) is 0 Å². The van der Waals surface area contributed by atoms with Crippen molar-refractivity contribution >= 4 is 5.97 Å². The molecule has 0 aliphatic heterocycles. The van der Waals surface area contributed by atoms with Crippen LogP contribution in [0.5, 0.6) is 0 Å². The zero-order valence-corrected chi connectivity index (χ0v) is 13.7. The highest BCUT2D eigenvalue weighted by molar-refractivity contribution is 5.80. The van der Waals surface area contributed by atoms with Crippen LogP contribution in [0.15, 0.2) is 0 Å². The Bertz CT molecular complexity index is 290. The number of nitrogens with one attached hydrogen (secondary N) is 1. The smallest absolute Gasteiger partial charge is 0.327 e. The summed E-state index contributed by atoms with van der Waals surface area (Å²) in [6, 6.07) is 0.626. The molecule has 20 heavy (non-hydrogen) atoms. The molecular weight excluding hydrogens is 252 g/mol. The SMILES string of the molecule is CCCNC(C)(CN(CC)C1CCCCC1)C(=O)OC. The van der Waals surface area contributed by atoms with Gasteiger partial charge in [-0.15, -0.1) is 0 Å². The standard InChI is InChI=1S/C16H32N2O2/c1-5-12-17-16(3,15(19)20-4)13-18(6-2)14-10-8-7-9-11-14/h14,17H,5-13H2,1-4H3. The Kier molecular flexibility index (Phi) is 7.52. The molecule has 1 fully saturated rings. The van der Waals surface area contributed by atoms with Gasteiger partial charge in [0.2, 0.25) is 0 Å². The van der Waals surface area contributed by atoms with Gasteiger partial charge in [0.15, 0.2) is 0 Å². The number of ether oxygens (including phenoxy) is 1. The van der Waals surface area contributed by atoms with Gasteiger partial charge in [-0.1, -0.05) is 33.1 Å². The molecule has 1 N–H and O–H groups in total. The molecule has 0 radical (unpaired) electrons. The molecule has 4 nitrogen and oxygen atoms in total. The van der Waals surface area contributed by atoms with Crippen LogP contribution in [0.4, 0.5) is 0 Å². The summed E-state index contributed by atoms with van der Waals surface area (Å²) < 4.78 is 5.02. The van der Waals surface area contributed by atoms with Crippen molar-refractivity contribution in [1.29, 1.82) is 0 Å². The first-order chi connectivity index (χ1) is 9.57. The normalized spacial score (nSPS) is 19.9. The Hall–Kier alpha value is -0.610. The molecule has 0 saturated heterocycles. The van der Waals surface area contributed by atoms with E-state index in [1.165, 1.54) is 39.2 Å². The van der Waals surface area contributed by atoms with Crippen molar-refractivity contribution in [2.45, 2.75) is 70.9 Å². The van der Waals surface area contributed by atoms with Crippen LogP contribution in [0.1, 0.15) is 59.3 Å². The molecule has 1 saturated carbocycles. The van der Waals surface area contributed by atoms with Crippen LogP contribution >= 0.6 is 0 Å². The Labute approximate surface area is 124 Å². The number of hydrogen-bond donors (Lipinski definition) is 1. The molecule has 0 spiro atoms. The minimum Gasteiger partial charge on any atom is -0.468 e. The minimum absolute atomic E-state index is 0.153. The summed E-state index contributed by atoms with van der Waals surface area (Å²) in [6.07, 6.45) is 7.53. The van der Waals surface area contributed by atoms with E-state index in [0.29, 0.717) is 6.04 Å². The number of rotatable bonds is 8. The number of methoxy groups -OCH3 is 1. The molecule has 1 aliphatic rings. The highest BCUT2D eigenvalue weighted by Gasteiger charge is 2.37. The molecule has 1 unspecified atom stereocenters. The number of carbonyl (C=O) groups excluding carboxylic acids is 1.